The number of benzene rings is 1. The van der Waals surface area contributed by atoms with Gasteiger partial charge in [0.05, 0.1) is 6.54 Å². The molecule has 3 N–H and O–H groups in total. The first-order valence-electron chi connectivity index (χ1n) is 8.02. The standard InChI is InChI=1S/C17H25N3O/c1-2-12-3-6-14(7-4-12)19-17(21)11-20-9-13-5-8-16(18)15(13)10-20/h3-4,6-7,13,15-16H,2,5,8-11,18H2,1H3,(H,19,21). The third-order valence-corrected chi connectivity index (χ3v) is 5.00. The Bertz CT molecular complexity index is 499. The predicted octanol–water partition coefficient (Wildman–Crippen LogP) is 1.86. The molecule has 1 aliphatic heterocycles. The van der Waals surface area contributed by atoms with E-state index in [1.165, 1.54) is 12.0 Å². The van der Waals surface area contributed by atoms with Crippen molar-refractivity contribution in [1.82, 2.24) is 4.90 Å². The van der Waals surface area contributed by atoms with Gasteiger partial charge >= 0.3 is 0 Å². The molecule has 0 aromatic heterocycles. The van der Waals surface area contributed by atoms with E-state index in [0.29, 0.717) is 24.4 Å². The summed E-state index contributed by atoms with van der Waals surface area (Å²) in [4.78, 5) is 14.4. The van der Waals surface area contributed by atoms with E-state index in [-0.39, 0.29) is 5.91 Å². The Balaban J connectivity index is 1.50. The molecule has 3 atom stereocenters. The van der Waals surface area contributed by atoms with E-state index < -0.39 is 0 Å². The van der Waals surface area contributed by atoms with Crippen molar-refractivity contribution in [2.45, 2.75) is 32.2 Å². The second-order valence-corrected chi connectivity index (χ2v) is 6.46. The fraction of sp³-hybridized carbons (Fsp3) is 0.588. The number of amides is 1. The van der Waals surface area contributed by atoms with Gasteiger partial charge in [0.25, 0.3) is 0 Å². The van der Waals surface area contributed by atoms with Gasteiger partial charge < -0.3 is 11.1 Å². The summed E-state index contributed by atoms with van der Waals surface area (Å²) in [6, 6.07) is 8.42. The summed E-state index contributed by atoms with van der Waals surface area (Å²) in [7, 11) is 0. The van der Waals surface area contributed by atoms with Gasteiger partial charge in [0.1, 0.15) is 0 Å². The van der Waals surface area contributed by atoms with Crippen LogP contribution in [0.1, 0.15) is 25.3 Å². The molecule has 0 bridgehead atoms. The normalized spacial score (nSPS) is 28.6. The number of anilines is 1. The molecule has 1 saturated heterocycles. The maximum absolute atomic E-state index is 12.1. The maximum atomic E-state index is 12.1. The molecule has 0 spiro atoms. The van der Waals surface area contributed by atoms with Crippen molar-refractivity contribution >= 4 is 11.6 Å². The minimum Gasteiger partial charge on any atom is -0.327 e. The molecule has 1 aromatic rings. The third-order valence-electron chi connectivity index (χ3n) is 5.00. The lowest BCUT2D eigenvalue weighted by atomic mass is 9.98. The van der Waals surface area contributed by atoms with Crippen LogP contribution in [0.25, 0.3) is 0 Å². The van der Waals surface area contributed by atoms with Gasteiger partial charge in [-0.1, -0.05) is 19.1 Å². The molecule has 114 valence electrons. The lowest BCUT2D eigenvalue weighted by molar-refractivity contribution is -0.117. The molecule has 1 aromatic carbocycles. The Morgan fingerprint density at radius 1 is 1.29 bits per heavy atom. The quantitative estimate of drug-likeness (QED) is 0.888. The number of nitrogens with one attached hydrogen (secondary N) is 1. The minimum absolute atomic E-state index is 0.0767. The summed E-state index contributed by atoms with van der Waals surface area (Å²) in [6.45, 7) is 4.62. The molecule has 0 radical (unpaired) electrons. The Hall–Kier alpha value is -1.39. The van der Waals surface area contributed by atoms with Crippen LogP contribution < -0.4 is 11.1 Å². The largest absolute Gasteiger partial charge is 0.327 e. The number of hydrogen-bond donors (Lipinski definition) is 2. The average molecular weight is 287 g/mol. The van der Waals surface area contributed by atoms with Gasteiger partial charge in [0.2, 0.25) is 5.91 Å². The highest BCUT2D eigenvalue weighted by atomic mass is 16.2. The number of aryl methyl sites for hydroxylation is 1. The number of carbonyl (C=O) groups is 1. The fourth-order valence-corrected chi connectivity index (χ4v) is 3.76. The van der Waals surface area contributed by atoms with E-state index in [1.807, 2.05) is 12.1 Å². The topological polar surface area (TPSA) is 58.4 Å². The van der Waals surface area contributed by atoms with Gasteiger partial charge in [-0.25, -0.2) is 0 Å². The molecule has 1 amide bonds. The summed E-state index contributed by atoms with van der Waals surface area (Å²) in [6.07, 6.45) is 3.40. The Morgan fingerprint density at radius 3 is 2.71 bits per heavy atom. The summed E-state index contributed by atoms with van der Waals surface area (Å²) in [5.74, 6) is 1.38. The van der Waals surface area contributed by atoms with Crippen LogP contribution in [-0.2, 0) is 11.2 Å². The van der Waals surface area contributed by atoms with Crippen molar-refractivity contribution in [3.63, 3.8) is 0 Å². The zero-order chi connectivity index (χ0) is 14.8. The maximum Gasteiger partial charge on any atom is 0.238 e. The molecule has 1 aliphatic carbocycles. The molecule has 2 aliphatic rings. The molecular formula is C17H25N3O. The SMILES string of the molecule is CCc1ccc(NC(=O)CN2CC3CCC(N)C3C2)cc1. The summed E-state index contributed by atoms with van der Waals surface area (Å²) in [5, 5.41) is 2.99. The lowest BCUT2D eigenvalue weighted by Crippen LogP contribution is -2.34. The van der Waals surface area contributed by atoms with Crippen LogP contribution in [0.15, 0.2) is 24.3 Å². The van der Waals surface area contributed by atoms with Gasteiger partial charge in [0.15, 0.2) is 0 Å². The molecular weight excluding hydrogens is 262 g/mol. The van der Waals surface area contributed by atoms with Crippen molar-refractivity contribution in [3.05, 3.63) is 29.8 Å². The zero-order valence-electron chi connectivity index (χ0n) is 12.7. The molecule has 3 unspecified atom stereocenters. The van der Waals surface area contributed by atoms with Crippen molar-refractivity contribution in [2.75, 3.05) is 25.0 Å². The van der Waals surface area contributed by atoms with Gasteiger partial charge in [-0.3, -0.25) is 9.69 Å². The van der Waals surface area contributed by atoms with Crippen LogP contribution in [-0.4, -0.2) is 36.5 Å². The second kappa shape index (κ2) is 6.16. The summed E-state index contributed by atoms with van der Waals surface area (Å²) >= 11 is 0. The van der Waals surface area contributed by atoms with E-state index in [0.717, 1.165) is 31.6 Å². The summed E-state index contributed by atoms with van der Waals surface area (Å²) < 4.78 is 0. The van der Waals surface area contributed by atoms with Crippen LogP contribution in [0.4, 0.5) is 5.69 Å². The first-order valence-corrected chi connectivity index (χ1v) is 8.02. The van der Waals surface area contributed by atoms with E-state index in [4.69, 9.17) is 5.73 Å². The lowest BCUT2D eigenvalue weighted by Gasteiger charge is -2.17. The van der Waals surface area contributed by atoms with Crippen LogP contribution in [0.3, 0.4) is 0 Å². The van der Waals surface area contributed by atoms with E-state index in [2.05, 4.69) is 29.3 Å². The molecule has 21 heavy (non-hydrogen) atoms. The zero-order valence-corrected chi connectivity index (χ0v) is 12.7. The van der Waals surface area contributed by atoms with E-state index >= 15 is 0 Å². The number of nitrogens with zero attached hydrogens (tertiary/aromatic N) is 1. The molecule has 2 fully saturated rings. The average Bonchev–Trinajstić information content (AvgIpc) is 3.02. The smallest absolute Gasteiger partial charge is 0.238 e. The first-order chi connectivity index (χ1) is 10.2. The van der Waals surface area contributed by atoms with Crippen molar-refractivity contribution in [1.29, 1.82) is 0 Å². The van der Waals surface area contributed by atoms with Crippen LogP contribution in [0.5, 0.6) is 0 Å². The highest BCUT2D eigenvalue weighted by Gasteiger charge is 2.41. The van der Waals surface area contributed by atoms with Gasteiger partial charge in [-0.15, -0.1) is 0 Å². The molecule has 1 saturated carbocycles. The molecule has 1 heterocycles. The van der Waals surface area contributed by atoms with Crippen molar-refractivity contribution < 1.29 is 4.79 Å². The van der Waals surface area contributed by atoms with Crippen LogP contribution in [0, 0.1) is 11.8 Å². The Morgan fingerprint density at radius 2 is 2.05 bits per heavy atom. The van der Waals surface area contributed by atoms with E-state index in [9.17, 15) is 4.79 Å². The first kappa shape index (κ1) is 14.5. The van der Waals surface area contributed by atoms with Gasteiger partial charge in [-0.05, 0) is 48.8 Å². The number of likely N-dealkylation sites (tertiary alicyclic amines) is 1. The van der Waals surface area contributed by atoms with Gasteiger partial charge in [-0.2, -0.15) is 0 Å². The molecule has 3 rings (SSSR count). The molecule has 4 nitrogen and oxygen atoms in total. The van der Waals surface area contributed by atoms with E-state index in [1.54, 1.807) is 0 Å². The number of fused-ring (bicyclic) bond motifs is 1. The van der Waals surface area contributed by atoms with Gasteiger partial charge in [0, 0.05) is 24.8 Å². The Labute approximate surface area is 126 Å². The predicted molar refractivity (Wildman–Crippen MR) is 85.1 cm³/mol. The second-order valence-electron chi connectivity index (χ2n) is 6.46. The number of carbonyl (C=O) groups excluding carboxylic acids is 1. The number of rotatable bonds is 4. The van der Waals surface area contributed by atoms with Crippen molar-refractivity contribution in [3.8, 4) is 0 Å². The monoisotopic (exact) mass is 287 g/mol. The third kappa shape index (κ3) is 3.27. The fourth-order valence-electron chi connectivity index (χ4n) is 3.76. The molecule has 4 heteroatoms. The van der Waals surface area contributed by atoms with Crippen LogP contribution in [0.2, 0.25) is 0 Å². The summed E-state index contributed by atoms with van der Waals surface area (Å²) in [5.41, 5.74) is 8.31. The van der Waals surface area contributed by atoms with Crippen molar-refractivity contribution in [2.24, 2.45) is 17.6 Å². The highest BCUT2D eigenvalue weighted by Crippen LogP contribution is 2.36. The van der Waals surface area contributed by atoms with Crippen LogP contribution >= 0.6 is 0 Å². The minimum atomic E-state index is 0.0767. The highest BCUT2D eigenvalue weighted by molar-refractivity contribution is 5.92. The number of nitrogens with two attached hydrogens (primary N) is 1. The Kier molecular flexibility index (Phi) is 4.27. The number of hydrogen-bond acceptors (Lipinski definition) is 3.